The molecule has 0 spiro atoms. The Morgan fingerprint density at radius 1 is 1.38 bits per heavy atom. The summed E-state index contributed by atoms with van der Waals surface area (Å²) in [6.07, 6.45) is 0. The van der Waals surface area contributed by atoms with E-state index >= 15 is 0 Å². The minimum absolute atomic E-state index is 0. The summed E-state index contributed by atoms with van der Waals surface area (Å²) in [5.41, 5.74) is 5.16. The van der Waals surface area contributed by atoms with E-state index in [0.717, 1.165) is 0 Å². The molecule has 0 unspecified atom stereocenters. The maximum absolute atomic E-state index is 5.47. The molecule has 0 amide bonds. The molecule has 0 bridgehead atoms. The van der Waals surface area contributed by atoms with Gasteiger partial charge in [-0.1, -0.05) is 5.92 Å². The summed E-state index contributed by atoms with van der Waals surface area (Å²) in [5.74, 6) is 5.55. The fourth-order valence-corrected chi connectivity index (χ4v) is 0.322. The topological polar surface area (TPSA) is 61.0 Å². The number of rotatable bonds is 0. The van der Waals surface area contributed by atoms with E-state index in [1.165, 1.54) is 0 Å². The minimum atomic E-state index is -0.311. The summed E-state index contributed by atoms with van der Waals surface area (Å²) >= 11 is 0. The Kier molecular flexibility index (Phi) is 4.55. The van der Waals surface area contributed by atoms with Gasteiger partial charge in [0.1, 0.15) is 0 Å². The van der Waals surface area contributed by atoms with Crippen LogP contribution < -0.4 is 11.9 Å². The number of hydrogen-bond acceptors (Lipinski definition) is 2. The Balaban J connectivity index is 0. The first kappa shape index (κ1) is 10.5. The molecule has 8 heavy (non-hydrogen) atoms. The molecule has 0 fully saturated rings. The van der Waals surface area contributed by atoms with E-state index in [0.29, 0.717) is 0 Å². The Hall–Kier alpha value is -0.520. The van der Waals surface area contributed by atoms with Crippen LogP contribution in [0.25, 0.3) is 0 Å². The number of hydrogen-bond donors (Lipinski definition) is 2. The molecule has 0 saturated heterocycles. The summed E-state index contributed by atoms with van der Waals surface area (Å²) < 4.78 is 0. The normalized spacial score (nSPS) is 8.50. The van der Waals surface area contributed by atoms with Crippen LogP contribution in [0.5, 0.6) is 0 Å². The molecule has 0 aliphatic carbocycles. The smallest absolute Gasteiger partial charge is 0.0718 e. The van der Waals surface area contributed by atoms with E-state index in [9.17, 15) is 0 Å². The van der Waals surface area contributed by atoms with Crippen LogP contribution in [0.15, 0.2) is 0 Å². The van der Waals surface area contributed by atoms with Crippen LogP contribution in [0.3, 0.4) is 0 Å². The summed E-state index contributed by atoms with van der Waals surface area (Å²) in [4.78, 5) is 0. The first-order valence-corrected chi connectivity index (χ1v) is 2.29. The first-order chi connectivity index (χ1) is 3.06. The van der Waals surface area contributed by atoms with Crippen molar-refractivity contribution < 1.29 is 0 Å². The molecular weight excluding hydrogens is 100 g/mol. The molecule has 0 saturated carbocycles. The monoisotopic (exact) mass is 114 g/mol. The molecule has 0 radical (unpaired) electrons. The van der Waals surface area contributed by atoms with Crippen LogP contribution in [0.1, 0.15) is 20.8 Å². The third-order valence-corrected chi connectivity index (χ3v) is 0.447. The molecule has 48 valence electrons. The van der Waals surface area contributed by atoms with Gasteiger partial charge in [-0.25, -0.2) is 0 Å². The lowest BCUT2D eigenvalue weighted by atomic mass is 10.1. The van der Waals surface area contributed by atoms with Crippen molar-refractivity contribution >= 4 is 0 Å². The van der Waals surface area contributed by atoms with E-state index < -0.39 is 0 Å². The highest BCUT2D eigenvalue weighted by Crippen LogP contribution is 1.90. The molecule has 0 aromatic carbocycles. The van der Waals surface area contributed by atoms with Gasteiger partial charge in [-0.05, 0) is 20.8 Å². The van der Waals surface area contributed by atoms with Gasteiger partial charge in [0.15, 0.2) is 0 Å². The fourth-order valence-electron chi connectivity index (χ4n) is 0.322. The van der Waals surface area contributed by atoms with Gasteiger partial charge in [0.05, 0.1) is 5.54 Å². The van der Waals surface area contributed by atoms with Gasteiger partial charge in [-0.3, -0.25) is 0 Å². The van der Waals surface area contributed by atoms with E-state index in [4.69, 9.17) is 5.73 Å². The van der Waals surface area contributed by atoms with Gasteiger partial charge in [-0.2, -0.15) is 0 Å². The second kappa shape index (κ2) is 3.48. The summed E-state index contributed by atoms with van der Waals surface area (Å²) in [5, 5.41) is 0. The third kappa shape index (κ3) is 9.08. The zero-order chi connectivity index (χ0) is 5.91. The Morgan fingerprint density at radius 3 is 1.75 bits per heavy atom. The molecule has 2 nitrogen and oxygen atoms in total. The molecule has 2 heteroatoms. The zero-order valence-electron chi connectivity index (χ0n) is 5.78. The van der Waals surface area contributed by atoms with Gasteiger partial charge < -0.3 is 11.9 Å². The van der Waals surface area contributed by atoms with Crippen molar-refractivity contribution in [2.75, 3.05) is 0 Å². The average molecular weight is 114 g/mol. The van der Waals surface area contributed by atoms with Crippen molar-refractivity contribution in [3.63, 3.8) is 0 Å². The Labute approximate surface area is 51.0 Å². The predicted octanol–water partition coefficient (Wildman–Crippen LogP) is 0.909. The van der Waals surface area contributed by atoms with E-state index in [-0.39, 0.29) is 11.7 Å². The molecule has 0 aliphatic rings. The highest BCUT2D eigenvalue weighted by molar-refractivity contribution is 5.10. The molecule has 0 aliphatic heterocycles. The first-order valence-electron chi connectivity index (χ1n) is 2.29. The van der Waals surface area contributed by atoms with Crippen molar-refractivity contribution in [3.05, 3.63) is 0 Å². The summed E-state index contributed by atoms with van der Waals surface area (Å²) in [7, 11) is 0. The summed E-state index contributed by atoms with van der Waals surface area (Å²) in [6, 6.07) is 0. The largest absolute Gasteiger partial charge is 0.344 e. The van der Waals surface area contributed by atoms with Gasteiger partial charge >= 0.3 is 0 Å². The van der Waals surface area contributed by atoms with Crippen molar-refractivity contribution in [3.8, 4) is 11.8 Å². The van der Waals surface area contributed by atoms with Crippen LogP contribution in [0, 0.1) is 11.8 Å². The van der Waals surface area contributed by atoms with Crippen molar-refractivity contribution in [1.82, 2.24) is 6.15 Å². The van der Waals surface area contributed by atoms with Gasteiger partial charge in [-0.15, -0.1) is 5.92 Å². The molecule has 0 heterocycles. The van der Waals surface area contributed by atoms with E-state index in [1.54, 1.807) is 6.92 Å². The molecule has 0 atom stereocenters. The lowest BCUT2D eigenvalue weighted by Gasteiger charge is -2.06. The van der Waals surface area contributed by atoms with E-state index in [1.807, 2.05) is 13.8 Å². The average Bonchev–Trinajstić information content (AvgIpc) is 1.30. The fraction of sp³-hybridized carbons (Fsp3) is 0.667. The van der Waals surface area contributed by atoms with Gasteiger partial charge in [0.25, 0.3) is 0 Å². The Morgan fingerprint density at radius 2 is 1.75 bits per heavy atom. The molecule has 0 aromatic heterocycles. The van der Waals surface area contributed by atoms with Crippen molar-refractivity contribution in [1.29, 1.82) is 0 Å². The van der Waals surface area contributed by atoms with Crippen LogP contribution in [0.4, 0.5) is 0 Å². The SMILES string of the molecule is CC#CC(C)(C)N.N. The van der Waals surface area contributed by atoms with Crippen LogP contribution in [0.2, 0.25) is 0 Å². The lowest BCUT2D eigenvalue weighted by molar-refractivity contribution is 0.680. The van der Waals surface area contributed by atoms with E-state index in [2.05, 4.69) is 11.8 Å². The maximum Gasteiger partial charge on any atom is 0.0718 e. The van der Waals surface area contributed by atoms with Crippen LogP contribution in [-0.2, 0) is 0 Å². The highest BCUT2D eigenvalue weighted by Gasteiger charge is 2.01. The molecule has 0 aromatic rings. The van der Waals surface area contributed by atoms with Crippen molar-refractivity contribution in [2.24, 2.45) is 5.73 Å². The van der Waals surface area contributed by atoms with Crippen LogP contribution >= 0.6 is 0 Å². The summed E-state index contributed by atoms with van der Waals surface area (Å²) in [6.45, 7) is 5.54. The van der Waals surface area contributed by atoms with Crippen molar-refractivity contribution in [2.45, 2.75) is 26.3 Å². The third-order valence-electron chi connectivity index (χ3n) is 0.447. The van der Waals surface area contributed by atoms with Crippen LogP contribution in [-0.4, -0.2) is 5.54 Å². The standard InChI is InChI=1S/C6H11N.H3N/c1-4-5-6(2,3)7;/h7H2,1-3H3;1H3. The second-order valence-electron chi connectivity index (χ2n) is 2.10. The predicted molar refractivity (Wildman–Crippen MR) is 36.7 cm³/mol. The quantitative estimate of drug-likeness (QED) is 0.460. The molecule has 5 N–H and O–H groups in total. The van der Waals surface area contributed by atoms with Gasteiger partial charge in [0.2, 0.25) is 0 Å². The lowest BCUT2D eigenvalue weighted by Crippen LogP contribution is -2.29. The van der Waals surface area contributed by atoms with Gasteiger partial charge in [0, 0.05) is 0 Å². The highest BCUT2D eigenvalue weighted by atomic mass is 14.7. The zero-order valence-corrected chi connectivity index (χ0v) is 5.78. The molecule has 0 rings (SSSR count). The second-order valence-corrected chi connectivity index (χ2v) is 2.10. The minimum Gasteiger partial charge on any atom is -0.344 e. The molecular formula is C6H14N2. The Bertz CT molecular complexity index is 99.9. The number of nitrogens with two attached hydrogens (primary N) is 1. The maximum atomic E-state index is 5.47.